The van der Waals surface area contributed by atoms with Gasteiger partial charge >= 0.3 is 18.3 Å². The predicted octanol–water partition coefficient (Wildman–Crippen LogP) is 8.82. The number of hydrogen-bond donors (Lipinski definition) is 1. The van der Waals surface area contributed by atoms with E-state index in [0.717, 1.165) is 68.5 Å². The summed E-state index contributed by atoms with van der Waals surface area (Å²) in [5.41, 5.74) is 1.92. The predicted molar refractivity (Wildman–Crippen MR) is 162 cm³/mol. The summed E-state index contributed by atoms with van der Waals surface area (Å²) in [5.74, 6) is -0.535. The van der Waals surface area contributed by atoms with Crippen molar-refractivity contribution in [3.63, 3.8) is 0 Å². The van der Waals surface area contributed by atoms with Crippen LogP contribution in [-0.2, 0) is 43.1 Å². The fourth-order valence-electron chi connectivity index (χ4n) is 6.79. The molecule has 0 spiro atoms. The van der Waals surface area contributed by atoms with Crippen LogP contribution in [0.1, 0.15) is 84.5 Å². The van der Waals surface area contributed by atoms with Crippen molar-refractivity contribution >= 4 is 17.5 Å². The molecule has 1 saturated carbocycles. The third kappa shape index (κ3) is 7.98. The number of fused-ring (bicyclic) bond motifs is 1. The third-order valence-electron chi connectivity index (χ3n) is 9.25. The second-order valence-corrected chi connectivity index (χ2v) is 12.6. The van der Waals surface area contributed by atoms with Crippen LogP contribution in [0.2, 0.25) is 0 Å². The van der Waals surface area contributed by atoms with Gasteiger partial charge in [-0.05, 0) is 118 Å². The monoisotopic (exact) mass is 651 g/mol. The van der Waals surface area contributed by atoms with Crippen molar-refractivity contribution in [3.8, 4) is 0 Å². The summed E-state index contributed by atoms with van der Waals surface area (Å²) in [6.07, 6.45) is -3.14. The summed E-state index contributed by atoms with van der Waals surface area (Å²) in [5, 5.41) is 13.4. The van der Waals surface area contributed by atoms with Gasteiger partial charge in [-0.15, -0.1) is 0 Å². The van der Waals surface area contributed by atoms with E-state index in [1.807, 2.05) is 6.92 Å². The van der Waals surface area contributed by atoms with E-state index in [-0.39, 0.29) is 36.5 Å². The number of alkyl halides is 6. The lowest BCUT2D eigenvalue weighted by atomic mass is 9.81. The van der Waals surface area contributed by atoms with Crippen LogP contribution in [0.5, 0.6) is 0 Å². The third-order valence-corrected chi connectivity index (χ3v) is 9.25. The van der Waals surface area contributed by atoms with E-state index in [0.29, 0.717) is 31.0 Å². The average Bonchev–Trinajstić information content (AvgIpc) is 3.44. The fourth-order valence-corrected chi connectivity index (χ4v) is 6.79. The highest BCUT2D eigenvalue weighted by atomic mass is 19.4. The van der Waals surface area contributed by atoms with Gasteiger partial charge in [0.25, 0.3) is 0 Å². The van der Waals surface area contributed by atoms with Gasteiger partial charge in [0, 0.05) is 37.9 Å². The first-order chi connectivity index (χ1) is 21.7. The second-order valence-electron chi connectivity index (χ2n) is 12.6. The van der Waals surface area contributed by atoms with Crippen molar-refractivity contribution in [1.82, 2.24) is 5.16 Å². The number of aryl methyl sites for hydroxylation is 3. The van der Waals surface area contributed by atoms with Gasteiger partial charge in [-0.25, -0.2) is 0 Å². The number of hydrogen-bond acceptors (Lipinski definition) is 5. The van der Waals surface area contributed by atoms with E-state index in [4.69, 9.17) is 4.52 Å². The summed E-state index contributed by atoms with van der Waals surface area (Å²) < 4.78 is 87.7. The number of aromatic nitrogens is 1. The molecule has 3 aromatic rings. The quantitative estimate of drug-likeness (QED) is 0.221. The number of carboxylic acids is 1. The molecule has 2 aromatic carbocycles. The number of carboxylic acid groups (broad SMARTS) is 1. The van der Waals surface area contributed by atoms with Gasteiger partial charge in [0.05, 0.1) is 22.7 Å². The van der Waals surface area contributed by atoms with Crippen LogP contribution in [0, 0.1) is 18.8 Å². The van der Waals surface area contributed by atoms with Crippen LogP contribution in [0.15, 0.2) is 40.9 Å². The molecule has 6 nitrogen and oxygen atoms in total. The van der Waals surface area contributed by atoms with E-state index < -0.39 is 29.4 Å². The van der Waals surface area contributed by atoms with Gasteiger partial charge < -0.3 is 19.4 Å². The molecule has 0 unspecified atom stereocenters. The number of carbonyl (C=O) groups is 1. The normalized spacial score (nSPS) is 18.7. The number of aliphatic carboxylic acids is 1. The minimum absolute atomic E-state index is 0.136. The van der Waals surface area contributed by atoms with Crippen molar-refractivity contribution in [2.24, 2.45) is 11.8 Å². The van der Waals surface area contributed by atoms with E-state index in [2.05, 4.69) is 22.2 Å². The maximum atomic E-state index is 13.7. The van der Waals surface area contributed by atoms with Crippen molar-refractivity contribution in [2.75, 3.05) is 22.9 Å². The molecule has 0 radical (unpaired) electrons. The average molecular weight is 652 g/mol. The Morgan fingerprint density at radius 2 is 1.48 bits per heavy atom. The highest BCUT2D eigenvalue weighted by Crippen LogP contribution is 2.38. The van der Waals surface area contributed by atoms with Crippen LogP contribution >= 0.6 is 0 Å². The van der Waals surface area contributed by atoms with Crippen LogP contribution in [0.3, 0.4) is 0 Å². The van der Waals surface area contributed by atoms with Crippen molar-refractivity contribution < 1.29 is 40.8 Å². The Morgan fingerprint density at radius 3 is 2.00 bits per heavy atom. The maximum absolute atomic E-state index is 13.7. The molecule has 1 N–H and O–H groups in total. The minimum Gasteiger partial charge on any atom is -0.481 e. The molecule has 0 aliphatic heterocycles. The molecule has 0 saturated heterocycles. The Bertz CT molecular complexity index is 1490. The lowest BCUT2D eigenvalue weighted by Gasteiger charge is -2.35. The lowest BCUT2D eigenvalue weighted by Crippen LogP contribution is -2.34. The van der Waals surface area contributed by atoms with E-state index in [1.54, 1.807) is 17.9 Å². The number of anilines is 2. The van der Waals surface area contributed by atoms with E-state index >= 15 is 0 Å². The standard InChI is InChI=1S/C34H39F6N3O3/c1-3-42(18-22-8-10-24(11-9-22)32(44)45)30-16-26-7-5-4-6-25(26)15-27(30)20-43(31-12-21(2)41-46-31)19-23-13-28(33(35,36)37)17-29(14-23)34(38,39)40/h12-17,22,24H,3-11,18-20H2,1-2H3,(H,44,45). The Balaban J connectivity index is 1.51. The molecule has 1 heterocycles. The fraction of sp³-hybridized carbons (Fsp3) is 0.529. The molecule has 1 aromatic heterocycles. The van der Waals surface area contributed by atoms with Crippen LogP contribution in [0.4, 0.5) is 37.9 Å². The summed E-state index contributed by atoms with van der Waals surface area (Å²) in [6.45, 7) is 5.03. The topological polar surface area (TPSA) is 69.8 Å². The zero-order valence-electron chi connectivity index (χ0n) is 26.0. The van der Waals surface area contributed by atoms with Gasteiger partial charge in [-0.1, -0.05) is 11.2 Å². The Labute approximate surface area is 264 Å². The van der Waals surface area contributed by atoms with Gasteiger partial charge in [0.15, 0.2) is 0 Å². The first kappa shape index (κ1) is 33.7. The van der Waals surface area contributed by atoms with Crippen LogP contribution < -0.4 is 9.80 Å². The molecule has 2 aliphatic carbocycles. The number of nitrogens with zero attached hydrogens (tertiary/aromatic N) is 3. The first-order valence-electron chi connectivity index (χ1n) is 15.8. The van der Waals surface area contributed by atoms with Gasteiger partial charge in [0.2, 0.25) is 5.88 Å². The van der Waals surface area contributed by atoms with Crippen LogP contribution in [0.25, 0.3) is 0 Å². The molecule has 46 heavy (non-hydrogen) atoms. The Morgan fingerprint density at radius 1 is 0.870 bits per heavy atom. The first-order valence-corrected chi connectivity index (χ1v) is 15.8. The molecule has 0 bridgehead atoms. The van der Waals surface area contributed by atoms with Gasteiger partial charge in [-0.2, -0.15) is 26.3 Å². The molecule has 0 amide bonds. The summed E-state index contributed by atoms with van der Waals surface area (Å²) in [4.78, 5) is 15.4. The molecule has 0 atom stereocenters. The molecule has 250 valence electrons. The zero-order chi connectivity index (χ0) is 33.2. The zero-order valence-corrected chi connectivity index (χ0v) is 26.0. The SMILES string of the molecule is CCN(CC1CCC(C(=O)O)CC1)c1cc2c(cc1CN(Cc1cc(C(F)(F)F)cc(C(F)(F)F)c1)c1cc(C)no1)CCCC2. The number of halogens is 6. The molecular formula is C34H39F6N3O3. The Hall–Kier alpha value is -3.70. The van der Waals surface area contributed by atoms with Crippen molar-refractivity contribution in [2.45, 2.75) is 90.7 Å². The highest BCUT2D eigenvalue weighted by Gasteiger charge is 2.37. The second kappa shape index (κ2) is 13.6. The lowest BCUT2D eigenvalue weighted by molar-refractivity contribution is -0.144. The number of benzene rings is 2. The van der Waals surface area contributed by atoms with Crippen molar-refractivity contribution in [3.05, 3.63) is 75.5 Å². The Kier molecular flexibility index (Phi) is 9.93. The molecule has 12 heteroatoms. The van der Waals surface area contributed by atoms with Crippen molar-refractivity contribution in [1.29, 1.82) is 0 Å². The minimum atomic E-state index is -4.96. The van der Waals surface area contributed by atoms with Gasteiger partial charge in [0.1, 0.15) is 0 Å². The summed E-state index contributed by atoms with van der Waals surface area (Å²) in [7, 11) is 0. The molecular weight excluding hydrogens is 612 g/mol. The summed E-state index contributed by atoms with van der Waals surface area (Å²) >= 11 is 0. The molecule has 2 aliphatic rings. The summed E-state index contributed by atoms with van der Waals surface area (Å²) in [6, 6.07) is 7.57. The maximum Gasteiger partial charge on any atom is 0.416 e. The molecule has 5 rings (SSSR count). The molecule has 1 fully saturated rings. The van der Waals surface area contributed by atoms with Crippen LogP contribution in [-0.4, -0.2) is 29.3 Å². The number of rotatable bonds is 10. The van der Waals surface area contributed by atoms with E-state index in [1.165, 1.54) is 11.1 Å². The highest BCUT2D eigenvalue weighted by molar-refractivity contribution is 5.70. The largest absolute Gasteiger partial charge is 0.481 e. The smallest absolute Gasteiger partial charge is 0.416 e. The van der Waals surface area contributed by atoms with E-state index in [9.17, 15) is 36.2 Å². The van der Waals surface area contributed by atoms with Gasteiger partial charge in [-0.3, -0.25) is 4.79 Å².